The first-order chi connectivity index (χ1) is 6.77. The van der Waals surface area contributed by atoms with Crippen LogP contribution in [-0.2, 0) is 9.47 Å². The molecule has 0 rings (SSSR count). The Labute approximate surface area is 94.3 Å². The van der Waals surface area contributed by atoms with Gasteiger partial charge in [0.2, 0.25) is 0 Å². The summed E-state index contributed by atoms with van der Waals surface area (Å²) >= 11 is 0. The van der Waals surface area contributed by atoms with E-state index in [1.807, 2.05) is 0 Å². The molecule has 0 radical (unpaired) electrons. The van der Waals surface area contributed by atoms with Crippen molar-refractivity contribution in [3.63, 3.8) is 0 Å². The van der Waals surface area contributed by atoms with E-state index < -0.39 is 0 Å². The van der Waals surface area contributed by atoms with E-state index >= 15 is 0 Å². The zero-order chi connectivity index (χ0) is 11.9. The Bertz CT molecular complexity index is 161. The second-order valence-corrected chi connectivity index (χ2v) is 5.76. The third kappa shape index (κ3) is 10.2. The second-order valence-electron chi connectivity index (χ2n) is 5.76. The van der Waals surface area contributed by atoms with Crippen LogP contribution in [0.15, 0.2) is 0 Å². The van der Waals surface area contributed by atoms with Gasteiger partial charge in [-0.3, -0.25) is 0 Å². The molecule has 15 heavy (non-hydrogen) atoms. The molecule has 0 amide bonds. The Kier molecular flexibility index (Phi) is 6.41. The average Bonchev–Trinajstić information content (AvgIpc) is 2.09. The van der Waals surface area contributed by atoms with E-state index in [0.717, 1.165) is 13.0 Å². The number of ether oxygens (including phenoxy) is 2. The molecule has 3 heteroatoms. The summed E-state index contributed by atoms with van der Waals surface area (Å²) in [7, 11) is 0. The van der Waals surface area contributed by atoms with Gasteiger partial charge in [-0.2, -0.15) is 0 Å². The number of hydrogen-bond acceptors (Lipinski definition) is 3. The molecule has 0 unspecified atom stereocenters. The maximum absolute atomic E-state index is 5.86. The van der Waals surface area contributed by atoms with E-state index in [2.05, 4.69) is 34.6 Å². The van der Waals surface area contributed by atoms with Crippen LogP contribution in [-0.4, -0.2) is 32.0 Å². The van der Waals surface area contributed by atoms with Gasteiger partial charge in [0.15, 0.2) is 0 Å². The minimum Gasteiger partial charge on any atom is -0.380 e. The molecule has 0 atom stereocenters. The summed E-state index contributed by atoms with van der Waals surface area (Å²) in [5.41, 5.74) is 5.45. The van der Waals surface area contributed by atoms with Crippen LogP contribution in [0.3, 0.4) is 0 Å². The van der Waals surface area contributed by atoms with E-state index in [-0.39, 0.29) is 11.0 Å². The van der Waals surface area contributed by atoms with E-state index in [4.69, 9.17) is 15.2 Å². The van der Waals surface area contributed by atoms with Crippen LogP contribution < -0.4 is 5.73 Å². The maximum atomic E-state index is 5.86. The van der Waals surface area contributed by atoms with E-state index in [1.54, 1.807) is 0 Å². The topological polar surface area (TPSA) is 44.5 Å². The van der Waals surface area contributed by atoms with Crippen molar-refractivity contribution in [3.05, 3.63) is 0 Å². The van der Waals surface area contributed by atoms with Crippen LogP contribution in [0.25, 0.3) is 0 Å². The van der Waals surface area contributed by atoms with Crippen LogP contribution in [0.1, 0.15) is 41.0 Å². The Morgan fingerprint density at radius 2 is 1.60 bits per heavy atom. The predicted octanol–water partition coefficient (Wildman–Crippen LogP) is 2.19. The lowest BCUT2D eigenvalue weighted by Gasteiger charge is -2.29. The summed E-state index contributed by atoms with van der Waals surface area (Å²) < 4.78 is 11.2. The summed E-state index contributed by atoms with van der Waals surface area (Å²) in [6.07, 6.45) is 0.906. The highest BCUT2D eigenvalue weighted by Crippen LogP contribution is 2.21. The maximum Gasteiger partial charge on any atom is 0.0648 e. The Hall–Kier alpha value is -0.120. The fourth-order valence-corrected chi connectivity index (χ4v) is 0.987. The van der Waals surface area contributed by atoms with Crippen LogP contribution in [0.4, 0.5) is 0 Å². The SMILES string of the molecule is CC(C)(C)COC(C)(C)CCOCCN. The Morgan fingerprint density at radius 3 is 2.07 bits per heavy atom. The van der Waals surface area contributed by atoms with Gasteiger partial charge < -0.3 is 15.2 Å². The number of rotatable bonds is 7. The molecular weight excluding hydrogens is 190 g/mol. The summed E-state index contributed by atoms with van der Waals surface area (Å²) in [6.45, 7) is 13.4. The van der Waals surface area contributed by atoms with Crippen LogP contribution in [0.5, 0.6) is 0 Å². The van der Waals surface area contributed by atoms with Crippen molar-refractivity contribution in [2.45, 2.75) is 46.6 Å². The van der Waals surface area contributed by atoms with Gasteiger partial charge in [-0.25, -0.2) is 0 Å². The average molecular weight is 217 g/mol. The third-order valence-corrected chi connectivity index (χ3v) is 2.01. The fraction of sp³-hybridized carbons (Fsp3) is 1.00. The molecule has 0 aromatic rings. The highest BCUT2D eigenvalue weighted by molar-refractivity contribution is 4.70. The van der Waals surface area contributed by atoms with Crippen LogP contribution in [0, 0.1) is 5.41 Å². The number of nitrogens with two attached hydrogens (primary N) is 1. The lowest BCUT2D eigenvalue weighted by Crippen LogP contribution is -2.31. The highest BCUT2D eigenvalue weighted by Gasteiger charge is 2.21. The smallest absolute Gasteiger partial charge is 0.0648 e. The van der Waals surface area contributed by atoms with Crippen molar-refractivity contribution in [3.8, 4) is 0 Å². The molecule has 0 saturated carbocycles. The molecule has 0 aliphatic rings. The lowest BCUT2D eigenvalue weighted by molar-refractivity contribution is -0.0670. The van der Waals surface area contributed by atoms with Crippen molar-refractivity contribution < 1.29 is 9.47 Å². The van der Waals surface area contributed by atoms with Crippen molar-refractivity contribution >= 4 is 0 Å². The Morgan fingerprint density at radius 1 is 1.00 bits per heavy atom. The number of hydrogen-bond donors (Lipinski definition) is 1. The van der Waals surface area contributed by atoms with Gasteiger partial charge in [-0.05, 0) is 25.7 Å². The molecule has 0 aromatic heterocycles. The standard InChI is InChI=1S/C12H27NO2/c1-11(2,3)10-15-12(4,5)6-8-14-9-7-13/h6-10,13H2,1-5H3. The van der Waals surface area contributed by atoms with Crippen molar-refractivity contribution in [2.24, 2.45) is 11.1 Å². The quantitative estimate of drug-likeness (QED) is 0.665. The highest BCUT2D eigenvalue weighted by atomic mass is 16.5. The largest absolute Gasteiger partial charge is 0.380 e. The molecule has 0 aromatic carbocycles. The van der Waals surface area contributed by atoms with Gasteiger partial charge in [0.05, 0.1) is 18.8 Å². The van der Waals surface area contributed by atoms with E-state index in [9.17, 15) is 0 Å². The first-order valence-electron chi connectivity index (χ1n) is 5.69. The monoisotopic (exact) mass is 217 g/mol. The molecule has 0 heterocycles. The van der Waals surface area contributed by atoms with Crippen molar-refractivity contribution in [2.75, 3.05) is 26.4 Å². The normalized spacial score (nSPS) is 13.2. The minimum atomic E-state index is -0.109. The molecular formula is C12H27NO2. The van der Waals surface area contributed by atoms with Crippen LogP contribution in [0.2, 0.25) is 0 Å². The molecule has 2 N–H and O–H groups in total. The van der Waals surface area contributed by atoms with Gasteiger partial charge in [0, 0.05) is 13.2 Å². The molecule has 0 fully saturated rings. The van der Waals surface area contributed by atoms with Gasteiger partial charge in [-0.1, -0.05) is 20.8 Å². The third-order valence-electron chi connectivity index (χ3n) is 2.01. The molecule has 0 spiro atoms. The van der Waals surface area contributed by atoms with Crippen LogP contribution >= 0.6 is 0 Å². The minimum absolute atomic E-state index is 0.109. The van der Waals surface area contributed by atoms with Crippen molar-refractivity contribution in [1.82, 2.24) is 0 Å². The van der Waals surface area contributed by atoms with E-state index in [0.29, 0.717) is 19.8 Å². The fourth-order valence-electron chi connectivity index (χ4n) is 0.987. The lowest BCUT2D eigenvalue weighted by atomic mass is 9.97. The van der Waals surface area contributed by atoms with Gasteiger partial charge in [0.25, 0.3) is 0 Å². The zero-order valence-electron chi connectivity index (χ0n) is 10.9. The summed E-state index contributed by atoms with van der Waals surface area (Å²) in [5, 5.41) is 0. The molecule has 0 aliphatic carbocycles. The Balaban J connectivity index is 3.67. The predicted molar refractivity (Wildman–Crippen MR) is 64.0 cm³/mol. The summed E-state index contributed by atoms with van der Waals surface area (Å²) in [5.74, 6) is 0. The first-order valence-corrected chi connectivity index (χ1v) is 5.69. The zero-order valence-corrected chi connectivity index (χ0v) is 10.9. The van der Waals surface area contributed by atoms with Gasteiger partial charge in [-0.15, -0.1) is 0 Å². The second kappa shape index (κ2) is 6.46. The van der Waals surface area contributed by atoms with Gasteiger partial charge >= 0.3 is 0 Å². The molecule has 3 nitrogen and oxygen atoms in total. The summed E-state index contributed by atoms with van der Waals surface area (Å²) in [4.78, 5) is 0. The summed E-state index contributed by atoms with van der Waals surface area (Å²) in [6, 6.07) is 0. The molecule has 92 valence electrons. The van der Waals surface area contributed by atoms with Gasteiger partial charge in [0.1, 0.15) is 0 Å². The molecule has 0 aliphatic heterocycles. The first kappa shape index (κ1) is 14.9. The molecule has 0 saturated heterocycles. The van der Waals surface area contributed by atoms with Crippen molar-refractivity contribution in [1.29, 1.82) is 0 Å². The van der Waals surface area contributed by atoms with E-state index in [1.165, 1.54) is 0 Å². The molecule has 0 bridgehead atoms.